The Kier molecular flexibility index (Phi) is 4.41. The number of carbonyl (C=O) groups excluding carboxylic acids is 1. The lowest BCUT2D eigenvalue weighted by atomic mass is 10.2. The molecule has 0 aliphatic carbocycles. The Hall–Kier alpha value is -2.01. The van der Waals surface area contributed by atoms with E-state index in [2.05, 4.69) is 33.7 Å². The predicted octanol–water partition coefficient (Wildman–Crippen LogP) is 4.10. The van der Waals surface area contributed by atoms with E-state index < -0.39 is 6.09 Å². The summed E-state index contributed by atoms with van der Waals surface area (Å²) >= 11 is 1.73. The smallest absolute Gasteiger partial charge is 0.411 e. The van der Waals surface area contributed by atoms with E-state index in [1.54, 1.807) is 11.3 Å². The second-order valence-electron chi connectivity index (χ2n) is 4.08. The minimum atomic E-state index is -0.465. The lowest BCUT2D eigenvalue weighted by molar-refractivity contribution is 0.187. The SMILES string of the molecule is COC(=O)Nc1ccc(NC(C)c2cccs2)cc1. The molecule has 2 rings (SSSR count). The molecule has 100 valence electrons. The number of carbonyl (C=O) groups is 1. The first-order valence-electron chi connectivity index (χ1n) is 5.94. The van der Waals surface area contributed by atoms with Crippen LogP contribution in [0.4, 0.5) is 16.2 Å². The van der Waals surface area contributed by atoms with Crippen molar-refractivity contribution in [2.24, 2.45) is 0 Å². The van der Waals surface area contributed by atoms with E-state index in [0.29, 0.717) is 5.69 Å². The van der Waals surface area contributed by atoms with Gasteiger partial charge in [-0.25, -0.2) is 4.79 Å². The van der Waals surface area contributed by atoms with Crippen LogP contribution in [-0.4, -0.2) is 13.2 Å². The van der Waals surface area contributed by atoms with Gasteiger partial charge in [0.25, 0.3) is 0 Å². The largest absolute Gasteiger partial charge is 0.453 e. The highest BCUT2D eigenvalue weighted by Crippen LogP contribution is 2.23. The molecule has 1 heterocycles. The molecule has 0 saturated carbocycles. The maximum absolute atomic E-state index is 11.1. The third kappa shape index (κ3) is 3.72. The van der Waals surface area contributed by atoms with Crippen LogP contribution in [0.1, 0.15) is 17.8 Å². The van der Waals surface area contributed by atoms with E-state index in [1.807, 2.05) is 30.3 Å². The molecular weight excluding hydrogens is 260 g/mol. The van der Waals surface area contributed by atoms with Gasteiger partial charge in [0, 0.05) is 16.3 Å². The minimum absolute atomic E-state index is 0.263. The zero-order valence-electron chi connectivity index (χ0n) is 10.8. The molecule has 1 aromatic carbocycles. The van der Waals surface area contributed by atoms with Crippen LogP contribution in [0.15, 0.2) is 41.8 Å². The highest BCUT2D eigenvalue weighted by atomic mass is 32.1. The van der Waals surface area contributed by atoms with Gasteiger partial charge in [-0.1, -0.05) is 6.07 Å². The summed E-state index contributed by atoms with van der Waals surface area (Å²) < 4.78 is 4.53. The maximum Gasteiger partial charge on any atom is 0.411 e. The Morgan fingerprint density at radius 2 is 1.89 bits per heavy atom. The summed E-state index contributed by atoms with van der Waals surface area (Å²) in [6.07, 6.45) is -0.465. The average Bonchev–Trinajstić information content (AvgIpc) is 2.95. The highest BCUT2D eigenvalue weighted by molar-refractivity contribution is 7.10. The van der Waals surface area contributed by atoms with Crippen molar-refractivity contribution in [3.63, 3.8) is 0 Å². The van der Waals surface area contributed by atoms with Crippen molar-refractivity contribution in [2.45, 2.75) is 13.0 Å². The number of thiophene rings is 1. The van der Waals surface area contributed by atoms with Gasteiger partial charge in [-0.2, -0.15) is 0 Å². The number of amides is 1. The van der Waals surface area contributed by atoms with Crippen molar-refractivity contribution in [1.82, 2.24) is 0 Å². The van der Waals surface area contributed by atoms with Crippen LogP contribution in [0.3, 0.4) is 0 Å². The van der Waals surface area contributed by atoms with Crippen molar-refractivity contribution in [1.29, 1.82) is 0 Å². The first-order valence-corrected chi connectivity index (χ1v) is 6.82. The van der Waals surface area contributed by atoms with Crippen LogP contribution < -0.4 is 10.6 Å². The van der Waals surface area contributed by atoms with Crippen LogP contribution in [0.2, 0.25) is 0 Å². The third-order valence-electron chi connectivity index (χ3n) is 2.67. The highest BCUT2D eigenvalue weighted by Gasteiger charge is 2.06. The van der Waals surface area contributed by atoms with Gasteiger partial charge in [-0.3, -0.25) is 5.32 Å². The molecule has 2 N–H and O–H groups in total. The molecule has 5 heteroatoms. The number of hydrogen-bond donors (Lipinski definition) is 2. The Morgan fingerprint density at radius 3 is 2.47 bits per heavy atom. The first kappa shape index (κ1) is 13.4. The molecular formula is C14H16N2O2S. The summed E-state index contributed by atoms with van der Waals surface area (Å²) in [4.78, 5) is 12.3. The van der Waals surface area contributed by atoms with Gasteiger partial charge < -0.3 is 10.1 Å². The number of nitrogens with one attached hydrogen (secondary N) is 2. The number of benzene rings is 1. The molecule has 4 nitrogen and oxygen atoms in total. The van der Waals surface area contributed by atoms with Crippen molar-refractivity contribution in [2.75, 3.05) is 17.7 Å². The summed E-state index contributed by atoms with van der Waals surface area (Å²) in [5, 5.41) is 8.08. The molecule has 1 unspecified atom stereocenters. The van der Waals surface area contributed by atoms with E-state index in [0.717, 1.165) is 5.69 Å². The van der Waals surface area contributed by atoms with Gasteiger partial charge >= 0.3 is 6.09 Å². The van der Waals surface area contributed by atoms with Gasteiger partial charge in [-0.15, -0.1) is 11.3 Å². The maximum atomic E-state index is 11.1. The normalized spacial score (nSPS) is 11.7. The quantitative estimate of drug-likeness (QED) is 0.884. The molecule has 1 aromatic heterocycles. The molecule has 0 saturated heterocycles. The molecule has 1 amide bonds. The fourth-order valence-electron chi connectivity index (χ4n) is 1.68. The van der Waals surface area contributed by atoms with E-state index in [1.165, 1.54) is 12.0 Å². The van der Waals surface area contributed by atoms with Gasteiger partial charge in [0.1, 0.15) is 0 Å². The summed E-state index contributed by atoms with van der Waals surface area (Å²) in [5.74, 6) is 0. The summed E-state index contributed by atoms with van der Waals surface area (Å²) in [6, 6.07) is 11.9. The third-order valence-corrected chi connectivity index (χ3v) is 3.72. The predicted molar refractivity (Wildman–Crippen MR) is 78.8 cm³/mol. The van der Waals surface area contributed by atoms with E-state index in [9.17, 15) is 4.79 Å². The minimum Gasteiger partial charge on any atom is -0.453 e. The number of ether oxygens (including phenoxy) is 1. The molecule has 0 spiro atoms. The fraction of sp³-hybridized carbons (Fsp3) is 0.214. The number of anilines is 2. The van der Waals surface area contributed by atoms with Crippen molar-refractivity contribution >= 4 is 28.8 Å². The molecule has 0 bridgehead atoms. The first-order chi connectivity index (χ1) is 9.19. The van der Waals surface area contributed by atoms with Crippen LogP contribution in [0.25, 0.3) is 0 Å². The zero-order chi connectivity index (χ0) is 13.7. The topological polar surface area (TPSA) is 50.4 Å². The molecule has 0 fully saturated rings. The zero-order valence-corrected chi connectivity index (χ0v) is 11.7. The second kappa shape index (κ2) is 6.24. The van der Waals surface area contributed by atoms with E-state index >= 15 is 0 Å². The Bertz CT molecular complexity index is 523. The summed E-state index contributed by atoms with van der Waals surface area (Å²) in [5.41, 5.74) is 1.72. The lowest BCUT2D eigenvalue weighted by Crippen LogP contribution is -2.11. The lowest BCUT2D eigenvalue weighted by Gasteiger charge is -2.14. The summed E-state index contributed by atoms with van der Waals surface area (Å²) in [6.45, 7) is 2.12. The fourth-order valence-corrected chi connectivity index (χ4v) is 2.41. The van der Waals surface area contributed by atoms with E-state index in [-0.39, 0.29) is 6.04 Å². The van der Waals surface area contributed by atoms with Crippen LogP contribution >= 0.6 is 11.3 Å². The van der Waals surface area contributed by atoms with E-state index in [4.69, 9.17) is 0 Å². The van der Waals surface area contributed by atoms with Gasteiger partial charge in [-0.05, 0) is 42.6 Å². The second-order valence-corrected chi connectivity index (χ2v) is 5.05. The standard InChI is InChI=1S/C14H16N2O2S/c1-10(13-4-3-9-19-13)15-11-5-7-12(8-6-11)16-14(17)18-2/h3-10,15H,1-2H3,(H,16,17). The average molecular weight is 276 g/mol. The van der Waals surface area contributed by atoms with Crippen molar-refractivity contribution < 1.29 is 9.53 Å². The van der Waals surface area contributed by atoms with Crippen molar-refractivity contribution in [3.8, 4) is 0 Å². The Morgan fingerprint density at radius 1 is 1.21 bits per heavy atom. The molecule has 0 aliphatic rings. The Labute approximate surface area is 116 Å². The monoisotopic (exact) mass is 276 g/mol. The van der Waals surface area contributed by atoms with Gasteiger partial charge in [0.05, 0.1) is 13.2 Å². The van der Waals surface area contributed by atoms with Gasteiger partial charge in [0.2, 0.25) is 0 Å². The molecule has 0 radical (unpaired) electrons. The van der Waals surface area contributed by atoms with Crippen LogP contribution in [0.5, 0.6) is 0 Å². The number of rotatable bonds is 4. The molecule has 1 atom stereocenters. The summed E-state index contributed by atoms with van der Waals surface area (Å²) in [7, 11) is 1.34. The number of methoxy groups -OCH3 is 1. The Balaban J connectivity index is 1.97. The molecule has 19 heavy (non-hydrogen) atoms. The van der Waals surface area contributed by atoms with Crippen LogP contribution in [-0.2, 0) is 4.74 Å². The molecule has 0 aliphatic heterocycles. The molecule has 2 aromatic rings. The van der Waals surface area contributed by atoms with Gasteiger partial charge in [0.15, 0.2) is 0 Å². The van der Waals surface area contributed by atoms with Crippen molar-refractivity contribution in [3.05, 3.63) is 46.7 Å². The van der Waals surface area contributed by atoms with Crippen LogP contribution in [0, 0.1) is 0 Å². The number of hydrogen-bond acceptors (Lipinski definition) is 4.